The number of benzene rings is 1. The smallest absolute Gasteiger partial charge is 0.285 e. The number of phenols is 1. The molecule has 4 nitrogen and oxygen atoms in total. The normalized spacial score (nSPS) is 12.1. The maximum Gasteiger partial charge on any atom is 0.285 e. The Morgan fingerprint density at radius 2 is 2.11 bits per heavy atom. The predicted octanol–water partition coefficient (Wildman–Crippen LogP) is 1.54. The first-order valence-corrected chi connectivity index (χ1v) is 5.76. The fourth-order valence-corrected chi connectivity index (χ4v) is 1.84. The topological polar surface area (TPSA) is 80.4 Å². The van der Waals surface area contributed by atoms with Crippen molar-refractivity contribution in [1.82, 2.24) is 0 Å². The molecule has 18 heavy (non-hydrogen) atoms. The summed E-state index contributed by atoms with van der Waals surface area (Å²) in [6.07, 6.45) is 1.49. The van der Waals surface area contributed by atoms with E-state index in [0.717, 1.165) is 12.5 Å². The summed E-state index contributed by atoms with van der Waals surface area (Å²) in [6.45, 7) is 1.89. The van der Waals surface area contributed by atoms with Crippen LogP contribution in [0.5, 0.6) is 5.75 Å². The number of rotatable bonds is 6. The van der Waals surface area contributed by atoms with Crippen LogP contribution in [0.25, 0.3) is 0 Å². The Morgan fingerprint density at radius 1 is 1.44 bits per heavy atom. The summed E-state index contributed by atoms with van der Waals surface area (Å²) in [6, 6.07) is 3.91. The van der Waals surface area contributed by atoms with Gasteiger partial charge in [-0.3, -0.25) is 9.59 Å². The van der Waals surface area contributed by atoms with E-state index in [9.17, 15) is 14.0 Å². The van der Waals surface area contributed by atoms with Crippen molar-refractivity contribution in [3.63, 3.8) is 0 Å². The lowest BCUT2D eigenvalue weighted by Crippen LogP contribution is -2.31. The van der Waals surface area contributed by atoms with Gasteiger partial charge in [-0.15, -0.1) is 0 Å². The Balaban J connectivity index is 2.86. The molecule has 0 aliphatic rings. The fourth-order valence-electron chi connectivity index (χ4n) is 1.84. The minimum Gasteiger partial charge on any atom is -0.505 e. The highest BCUT2D eigenvalue weighted by Crippen LogP contribution is 2.20. The minimum absolute atomic E-state index is 0.243. The molecular weight excluding hydrogens is 237 g/mol. The van der Waals surface area contributed by atoms with Crippen molar-refractivity contribution in [2.24, 2.45) is 11.7 Å². The fraction of sp³-hybridized carbons (Fsp3) is 0.385. The van der Waals surface area contributed by atoms with E-state index in [0.29, 0.717) is 12.0 Å². The number of hydrogen-bond donors (Lipinski definition) is 2. The monoisotopic (exact) mass is 253 g/mol. The molecule has 0 aromatic heterocycles. The van der Waals surface area contributed by atoms with Gasteiger partial charge in [0.25, 0.3) is 5.91 Å². The molecule has 1 atom stereocenters. The molecule has 1 rings (SSSR count). The van der Waals surface area contributed by atoms with Crippen LogP contribution < -0.4 is 5.73 Å². The number of aromatic hydroxyl groups is 1. The third-order valence-electron chi connectivity index (χ3n) is 2.74. The number of amides is 1. The van der Waals surface area contributed by atoms with Gasteiger partial charge in [-0.2, -0.15) is 0 Å². The summed E-state index contributed by atoms with van der Waals surface area (Å²) in [4.78, 5) is 22.5. The first kappa shape index (κ1) is 14.2. The van der Waals surface area contributed by atoms with Crippen LogP contribution in [0.2, 0.25) is 0 Å². The quantitative estimate of drug-likeness (QED) is 0.755. The molecule has 1 unspecified atom stereocenters. The molecule has 0 saturated carbocycles. The Hall–Kier alpha value is -1.91. The second kappa shape index (κ2) is 6.14. The molecule has 0 aliphatic heterocycles. The van der Waals surface area contributed by atoms with Gasteiger partial charge in [0.05, 0.1) is 0 Å². The second-order valence-corrected chi connectivity index (χ2v) is 4.20. The van der Waals surface area contributed by atoms with Crippen molar-refractivity contribution in [2.45, 2.75) is 26.2 Å². The summed E-state index contributed by atoms with van der Waals surface area (Å²) in [5, 5.41) is 9.06. The van der Waals surface area contributed by atoms with Crippen LogP contribution in [0.15, 0.2) is 18.2 Å². The number of hydrogen-bond acceptors (Lipinski definition) is 3. The third kappa shape index (κ3) is 3.55. The highest BCUT2D eigenvalue weighted by Gasteiger charge is 2.22. The van der Waals surface area contributed by atoms with Crippen LogP contribution in [0.1, 0.15) is 25.3 Å². The zero-order chi connectivity index (χ0) is 13.7. The van der Waals surface area contributed by atoms with Crippen LogP contribution in [-0.4, -0.2) is 16.8 Å². The lowest BCUT2D eigenvalue weighted by molar-refractivity contribution is -0.138. The minimum atomic E-state index is -0.965. The average molecular weight is 253 g/mol. The summed E-state index contributed by atoms with van der Waals surface area (Å²) < 4.78 is 13.1. The third-order valence-corrected chi connectivity index (χ3v) is 2.74. The summed E-state index contributed by atoms with van der Waals surface area (Å²) in [5.41, 5.74) is 5.53. The number of carbonyl (C=O) groups excluding carboxylic acids is 2. The van der Waals surface area contributed by atoms with Crippen LogP contribution in [0, 0.1) is 11.7 Å². The predicted molar refractivity (Wildman–Crippen MR) is 64.4 cm³/mol. The van der Waals surface area contributed by atoms with Gasteiger partial charge < -0.3 is 10.8 Å². The van der Waals surface area contributed by atoms with E-state index in [1.54, 1.807) is 0 Å². The molecule has 1 aromatic rings. The summed E-state index contributed by atoms with van der Waals surface area (Å²) in [7, 11) is 0. The standard InChI is InChI=1S/C13H16FNO3/c1-2-3-9(12(17)13(15)18)6-8-4-5-11(16)10(14)7-8/h4-5,7,9,16H,2-3,6H2,1H3,(H2,15,18). The van der Waals surface area contributed by atoms with E-state index in [-0.39, 0.29) is 6.42 Å². The van der Waals surface area contributed by atoms with Gasteiger partial charge in [-0.25, -0.2) is 4.39 Å². The first-order chi connectivity index (χ1) is 8.45. The highest BCUT2D eigenvalue weighted by atomic mass is 19.1. The number of primary amides is 1. The number of nitrogens with two attached hydrogens (primary N) is 1. The molecule has 3 N–H and O–H groups in total. The Kier molecular flexibility index (Phi) is 4.83. The van der Waals surface area contributed by atoms with Crippen molar-refractivity contribution >= 4 is 11.7 Å². The molecule has 5 heteroatoms. The zero-order valence-corrected chi connectivity index (χ0v) is 10.1. The lowest BCUT2D eigenvalue weighted by Gasteiger charge is -2.13. The SMILES string of the molecule is CCCC(Cc1ccc(O)c(F)c1)C(=O)C(N)=O. The molecular formula is C13H16FNO3. The van der Waals surface area contributed by atoms with Gasteiger partial charge in [-0.05, 0) is 30.5 Å². The van der Waals surface area contributed by atoms with Crippen molar-refractivity contribution in [2.75, 3.05) is 0 Å². The molecule has 0 spiro atoms. The van der Waals surface area contributed by atoms with Gasteiger partial charge >= 0.3 is 0 Å². The second-order valence-electron chi connectivity index (χ2n) is 4.20. The Labute approximate surface area is 105 Å². The summed E-state index contributed by atoms with van der Waals surface area (Å²) in [5.74, 6) is -3.31. The molecule has 0 radical (unpaired) electrons. The van der Waals surface area contributed by atoms with Crippen molar-refractivity contribution in [3.05, 3.63) is 29.6 Å². The van der Waals surface area contributed by atoms with Crippen LogP contribution in [-0.2, 0) is 16.0 Å². The molecule has 98 valence electrons. The molecule has 0 saturated heterocycles. The molecule has 0 fully saturated rings. The van der Waals surface area contributed by atoms with E-state index in [1.165, 1.54) is 12.1 Å². The van der Waals surface area contributed by atoms with Crippen molar-refractivity contribution < 1.29 is 19.1 Å². The van der Waals surface area contributed by atoms with Gasteiger partial charge in [0, 0.05) is 5.92 Å². The van der Waals surface area contributed by atoms with E-state index in [2.05, 4.69) is 0 Å². The number of ketones is 1. The van der Waals surface area contributed by atoms with E-state index < -0.39 is 29.2 Å². The number of halogens is 1. The lowest BCUT2D eigenvalue weighted by atomic mass is 9.91. The van der Waals surface area contributed by atoms with E-state index in [4.69, 9.17) is 10.8 Å². The molecule has 1 aromatic carbocycles. The molecule has 0 heterocycles. The average Bonchev–Trinajstić information content (AvgIpc) is 2.32. The number of carbonyl (C=O) groups is 2. The molecule has 0 bridgehead atoms. The Morgan fingerprint density at radius 3 is 2.61 bits per heavy atom. The summed E-state index contributed by atoms with van der Waals surface area (Å²) >= 11 is 0. The maximum atomic E-state index is 13.1. The number of Topliss-reactive ketones (excluding diaryl/α,β-unsaturated/α-hetero) is 1. The maximum absolute atomic E-state index is 13.1. The van der Waals surface area contributed by atoms with Crippen LogP contribution >= 0.6 is 0 Å². The Bertz CT molecular complexity index is 460. The van der Waals surface area contributed by atoms with E-state index in [1.807, 2.05) is 6.92 Å². The first-order valence-electron chi connectivity index (χ1n) is 5.76. The van der Waals surface area contributed by atoms with Gasteiger partial charge in [-0.1, -0.05) is 19.4 Å². The molecule has 0 aliphatic carbocycles. The van der Waals surface area contributed by atoms with Crippen LogP contribution in [0.3, 0.4) is 0 Å². The van der Waals surface area contributed by atoms with Crippen molar-refractivity contribution in [3.8, 4) is 5.75 Å². The van der Waals surface area contributed by atoms with Gasteiger partial charge in [0.15, 0.2) is 11.6 Å². The van der Waals surface area contributed by atoms with Gasteiger partial charge in [0.2, 0.25) is 5.78 Å². The van der Waals surface area contributed by atoms with Crippen molar-refractivity contribution in [1.29, 1.82) is 0 Å². The van der Waals surface area contributed by atoms with Crippen LogP contribution in [0.4, 0.5) is 4.39 Å². The zero-order valence-electron chi connectivity index (χ0n) is 10.1. The van der Waals surface area contributed by atoms with Gasteiger partial charge in [0.1, 0.15) is 0 Å². The van der Waals surface area contributed by atoms with E-state index >= 15 is 0 Å². The molecule has 1 amide bonds. The highest BCUT2D eigenvalue weighted by molar-refractivity contribution is 6.36. The number of phenolic OH excluding ortho intramolecular Hbond substituents is 1. The largest absolute Gasteiger partial charge is 0.505 e.